The lowest BCUT2D eigenvalue weighted by Gasteiger charge is -2.37. The highest BCUT2D eigenvalue weighted by molar-refractivity contribution is 4.84. The average Bonchev–Trinajstić information content (AvgIpc) is 2.39. The molecule has 0 radical (unpaired) electrons. The summed E-state index contributed by atoms with van der Waals surface area (Å²) in [4.78, 5) is 2.50. The van der Waals surface area contributed by atoms with Crippen molar-refractivity contribution in [2.45, 2.75) is 70.9 Å². The highest BCUT2D eigenvalue weighted by atomic mass is 15.1. The summed E-state index contributed by atoms with van der Waals surface area (Å²) < 4.78 is 0. The van der Waals surface area contributed by atoms with Gasteiger partial charge in [-0.3, -0.25) is 0 Å². The minimum Gasteiger partial charge on any atom is -0.311 e. The summed E-state index contributed by atoms with van der Waals surface area (Å²) in [6.45, 7) is 7.40. The first-order valence-electron chi connectivity index (χ1n) is 8.11. The summed E-state index contributed by atoms with van der Waals surface area (Å²) in [5.74, 6) is 1.79. The fraction of sp³-hybridized carbons (Fsp3) is 1.00. The Kier molecular flexibility index (Phi) is 5.50. The van der Waals surface area contributed by atoms with Crippen LogP contribution in [0.15, 0.2) is 0 Å². The van der Waals surface area contributed by atoms with Crippen LogP contribution in [0, 0.1) is 11.8 Å². The van der Waals surface area contributed by atoms with Gasteiger partial charge in [-0.1, -0.05) is 19.3 Å². The van der Waals surface area contributed by atoms with Gasteiger partial charge in [-0.25, -0.2) is 0 Å². The van der Waals surface area contributed by atoms with Crippen LogP contribution in [0.25, 0.3) is 0 Å². The third-order valence-electron chi connectivity index (χ3n) is 5.25. The molecule has 1 heterocycles. The van der Waals surface area contributed by atoms with Crippen LogP contribution >= 0.6 is 0 Å². The Morgan fingerprint density at radius 3 is 2.17 bits per heavy atom. The molecule has 1 saturated heterocycles. The van der Waals surface area contributed by atoms with E-state index >= 15 is 0 Å². The van der Waals surface area contributed by atoms with E-state index in [0.29, 0.717) is 12.1 Å². The molecule has 2 fully saturated rings. The molecule has 3 atom stereocenters. The first-order valence-corrected chi connectivity index (χ1v) is 8.11. The Morgan fingerprint density at radius 1 is 0.889 bits per heavy atom. The van der Waals surface area contributed by atoms with Gasteiger partial charge in [-0.2, -0.15) is 0 Å². The predicted octanol–water partition coefficient (Wildman–Crippen LogP) is 3.28. The van der Waals surface area contributed by atoms with Gasteiger partial charge in [0.25, 0.3) is 0 Å². The Morgan fingerprint density at radius 2 is 1.50 bits per heavy atom. The van der Waals surface area contributed by atoms with E-state index in [2.05, 4.69) is 31.1 Å². The molecule has 0 aromatic rings. The normalized spacial score (nSPS) is 31.2. The number of likely N-dealkylation sites (tertiary alicyclic amines) is 1. The van der Waals surface area contributed by atoms with Gasteiger partial charge >= 0.3 is 0 Å². The molecule has 2 heteroatoms. The van der Waals surface area contributed by atoms with Gasteiger partial charge < -0.3 is 10.2 Å². The largest absolute Gasteiger partial charge is 0.311 e. The zero-order valence-electron chi connectivity index (χ0n) is 12.6. The van der Waals surface area contributed by atoms with E-state index in [1.807, 2.05) is 0 Å². The second-order valence-corrected chi connectivity index (χ2v) is 6.81. The molecular formula is C16H32N2. The first kappa shape index (κ1) is 14.3. The van der Waals surface area contributed by atoms with Crippen LogP contribution in [-0.4, -0.2) is 37.1 Å². The summed E-state index contributed by atoms with van der Waals surface area (Å²) in [7, 11) is 2.27. The van der Waals surface area contributed by atoms with Crippen molar-refractivity contribution in [1.82, 2.24) is 10.2 Å². The molecule has 1 aliphatic heterocycles. The van der Waals surface area contributed by atoms with E-state index in [1.54, 1.807) is 0 Å². The number of nitrogens with zero attached hydrogens (tertiary/aromatic N) is 1. The van der Waals surface area contributed by atoms with Crippen LogP contribution < -0.4 is 5.32 Å². The van der Waals surface area contributed by atoms with E-state index in [1.165, 1.54) is 58.0 Å². The van der Waals surface area contributed by atoms with Crippen LogP contribution in [0.1, 0.15) is 58.8 Å². The van der Waals surface area contributed by atoms with Crippen molar-refractivity contribution < 1.29 is 0 Å². The maximum absolute atomic E-state index is 3.91. The first-order chi connectivity index (χ1) is 8.66. The predicted molar refractivity (Wildman–Crippen MR) is 78.9 cm³/mol. The van der Waals surface area contributed by atoms with Crippen LogP contribution in [0.3, 0.4) is 0 Å². The summed E-state index contributed by atoms with van der Waals surface area (Å²) in [5, 5.41) is 3.91. The van der Waals surface area contributed by atoms with Gasteiger partial charge in [0.05, 0.1) is 0 Å². The van der Waals surface area contributed by atoms with Crippen molar-refractivity contribution in [3.8, 4) is 0 Å². The zero-order chi connectivity index (χ0) is 13.0. The standard InChI is InChI=1S/C16H32N2/c1-13(15-8-5-4-6-9-15)17-14(2)16-10-7-11-18(3)12-16/h13-17H,4-12H2,1-3H3. The number of hydrogen-bond donors (Lipinski definition) is 1. The molecule has 0 bridgehead atoms. The molecular weight excluding hydrogens is 220 g/mol. The van der Waals surface area contributed by atoms with Gasteiger partial charge in [-0.05, 0) is 65.0 Å². The lowest BCUT2D eigenvalue weighted by atomic mass is 9.83. The Hall–Kier alpha value is -0.0800. The van der Waals surface area contributed by atoms with E-state index in [0.717, 1.165) is 11.8 Å². The fourth-order valence-corrected chi connectivity index (χ4v) is 3.94. The van der Waals surface area contributed by atoms with E-state index < -0.39 is 0 Å². The molecule has 2 aliphatic rings. The van der Waals surface area contributed by atoms with E-state index in [-0.39, 0.29) is 0 Å². The van der Waals surface area contributed by atoms with Gasteiger partial charge in [0.15, 0.2) is 0 Å². The molecule has 1 N–H and O–H groups in total. The SMILES string of the molecule is CC(NC(C)C1CCCN(C)C1)C1CCCCC1. The number of hydrogen-bond acceptors (Lipinski definition) is 2. The van der Waals surface area contributed by atoms with E-state index in [9.17, 15) is 0 Å². The zero-order valence-corrected chi connectivity index (χ0v) is 12.6. The second-order valence-electron chi connectivity index (χ2n) is 6.81. The highest BCUT2D eigenvalue weighted by Crippen LogP contribution is 2.27. The molecule has 0 aromatic heterocycles. The van der Waals surface area contributed by atoms with Crippen LogP contribution in [0.5, 0.6) is 0 Å². The lowest BCUT2D eigenvalue weighted by Crippen LogP contribution is -2.48. The number of piperidine rings is 1. The molecule has 2 rings (SSSR count). The minimum absolute atomic E-state index is 0.685. The average molecular weight is 252 g/mol. The van der Waals surface area contributed by atoms with Crippen molar-refractivity contribution in [2.24, 2.45) is 11.8 Å². The Balaban J connectivity index is 1.76. The number of rotatable bonds is 4. The monoisotopic (exact) mass is 252 g/mol. The van der Waals surface area contributed by atoms with Crippen molar-refractivity contribution in [2.75, 3.05) is 20.1 Å². The lowest BCUT2D eigenvalue weighted by molar-refractivity contribution is 0.162. The van der Waals surface area contributed by atoms with Crippen molar-refractivity contribution in [3.05, 3.63) is 0 Å². The molecule has 18 heavy (non-hydrogen) atoms. The van der Waals surface area contributed by atoms with Crippen LogP contribution in [0.2, 0.25) is 0 Å². The summed E-state index contributed by atoms with van der Waals surface area (Å²) in [6.07, 6.45) is 10.1. The fourth-order valence-electron chi connectivity index (χ4n) is 3.94. The highest BCUT2D eigenvalue weighted by Gasteiger charge is 2.26. The quantitative estimate of drug-likeness (QED) is 0.826. The smallest absolute Gasteiger partial charge is 0.00818 e. The topological polar surface area (TPSA) is 15.3 Å². The van der Waals surface area contributed by atoms with Crippen molar-refractivity contribution >= 4 is 0 Å². The van der Waals surface area contributed by atoms with Gasteiger partial charge in [0, 0.05) is 18.6 Å². The Labute approximate surface area is 114 Å². The third-order valence-corrected chi connectivity index (χ3v) is 5.25. The maximum atomic E-state index is 3.91. The van der Waals surface area contributed by atoms with Gasteiger partial charge in [0.1, 0.15) is 0 Å². The molecule has 1 saturated carbocycles. The van der Waals surface area contributed by atoms with Crippen molar-refractivity contribution in [3.63, 3.8) is 0 Å². The summed E-state index contributed by atoms with van der Waals surface area (Å²) in [6, 6.07) is 1.40. The maximum Gasteiger partial charge on any atom is 0.00818 e. The second kappa shape index (κ2) is 6.91. The van der Waals surface area contributed by atoms with Gasteiger partial charge in [-0.15, -0.1) is 0 Å². The molecule has 1 aliphatic carbocycles. The Bertz CT molecular complexity index is 235. The molecule has 0 aromatic carbocycles. The summed E-state index contributed by atoms with van der Waals surface area (Å²) in [5.41, 5.74) is 0. The molecule has 106 valence electrons. The summed E-state index contributed by atoms with van der Waals surface area (Å²) >= 11 is 0. The number of nitrogens with one attached hydrogen (secondary N) is 1. The molecule has 2 nitrogen and oxygen atoms in total. The van der Waals surface area contributed by atoms with E-state index in [4.69, 9.17) is 0 Å². The molecule has 3 unspecified atom stereocenters. The molecule has 0 spiro atoms. The minimum atomic E-state index is 0.685. The van der Waals surface area contributed by atoms with Crippen LogP contribution in [-0.2, 0) is 0 Å². The van der Waals surface area contributed by atoms with Crippen molar-refractivity contribution in [1.29, 1.82) is 0 Å². The molecule has 0 amide bonds. The van der Waals surface area contributed by atoms with Gasteiger partial charge in [0.2, 0.25) is 0 Å². The third kappa shape index (κ3) is 3.96. The van der Waals surface area contributed by atoms with Crippen LogP contribution in [0.4, 0.5) is 0 Å².